The predicted octanol–water partition coefficient (Wildman–Crippen LogP) is 2.54. The number of hydrogen-bond donors (Lipinski definition) is 0. The van der Waals surface area contributed by atoms with E-state index in [-0.39, 0.29) is 22.9 Å². The van der Waals surface area contributed by atoms with Crippen molar-refractivity contribution in [3.05, 3.63) is 47.3 Å². The lowest BCUT2D eigenvalue weighted by Gasteiger charge is -2.50. The van der Waals surface area contributed by atoms with Gasteiger partial charge in [0.15, 0.2) is 5.76 Å². The molecule has 4 saturated heterocycles. The molecule has 144 valence electrons. The molecule has 2 bridgehead atoms. The van der Waals surface area contributed by atoms with E-state index in [1.54, 1.807) is 11.2 Å². The van der Waals surface area contributed by atoms with E-state index in [0.717, 1.165) is 25.9 Å². The van der Waals surface area contributed by atoms with Crippen molar-refractivity contribution < 1.29 is 12.9 Å². The maximum Gasteiger partial charge on any atom is 0.248 e. The summed E-state index contributed by atoms with van der Waals surface area (Å²) in [6.07, 6.45) is 3.51. The van der Waals surface area contributed by atoms with Crippen molar-refractivity contribution in [2.75, 3.05) is 19.6 Å². The van der Waals surface area contributed by atoms with Crippen molar-refractivity contribution in [3.8, 4) is 0 Å². The minimum Gasteiger partial charge on any atom is -0.360 e. The van der Waals surface area contributed by atoms with Gasteiger partial charge >= 0.3 is 0 Å². The SMILES string of the molecule is Cc1ccc([C@@H]2CN(S(=O)(=O)c3cnoc3C)[C@H]3C4CCN(CC4)[C@@H]23)cc1. The molecule has 6 rings (SSSR count). The van der Waals surface area contributed by atoms with Crippen molar-refractivity contribution in [2.24, 2.45) is 5.92 Å². The molecule has 6 nitrogen and oxygen atoms in total. The third kappa shape index (κ3) is 2.59. The Balaban J connectivity index is 1.59. The first-order valence-electron chi connectivity index (χ1n) is 9.70. The predicted molar refractivity (Wildman–Crippen MR) is 101 cm³/mol. The van der Waals surface area contributed by atoms with E-state index in [9.17, 15) is 8.42 Å². The van der Waals surface area contributed by atoms with E-state index in [2.05, 4.69) is 41.2 Å². The topological polar surface area (TPSA) is 66.7 Å². The number of sulfonamides is 1. The molecule has 1 aromatic carbocycles. The van der Waals surface area contributed by atoms with E-state index >= 15 is 0 Å². The Morgan fingerprint density at radius 1 is 1.07 bits per heavy atom. The number of aromatic nitrogens is 1. The Bertz CT molecular complexity index is 945. The van der Waals surface area contributed by atoms with E-state index < -0.39 is 10.0 Å². The highest BCUT2D eigenvalue weighted by molar-refractivity contribution is 7.89. The second-order valence-corrected chi connectivity index (χ2v) is 10.1. The standard InChI is InChI=1S/C20H25N3O3S/c1-13-3-5-15(6-4-13)17-12-23(27(24,25)18-11-21-26-14(18)2)19-16-7-9-22(10-8-16)20(17)19/h3-6,11,16-17,19-20H,7-10,12H2,1-2H3/t17-,19-,20-/m0/s1. The summed E-state index contributed by atoms with van der Waals surface area (Å²) in [5, 5.41) is 3.71. The molecule has 2 aromatic rings. The fourth-order valence-corrected chi connectivity index (χ4v) is 7.22. The molecule has 27 heavy (non-hydrogen) atoms. The highest BCUT2D eigenvalue weighted by Gasteiger charge is 2.56. The fourth-order valence-electron chi connectivity index (χ4n) is 5.41. The fraction of sp³-hybridized carbons (Fsp3) is 0.550. The molecule has 4 aliphatic heterocycles. The van der Waals surface area contributed by atoms with Crippen LogP contribution in [0.1, 0.15) is 35.6 Å². The van der Waals surface area contributed by atoms with Crippen molar-refractivity contribution in [2.45, 2.75) is 49.6 Å². The first-order chi connectivity index (χ1) is 13.0. The molecule has 0 saturated carbocycles. The van der Waals surface area contributed by atoms with Gasteiger partial charge in [0.05, 0.1) is 6.20 Å². The van der Waals surface area contributed by atoms with Crippen molar-refractivity contribution in [1.29, 1.82) is 0 Å². The van der Waals surface area contributed by atoms with Crippen LogP contribution in [0.4, 0.5) is 0 Å². The Labute approximate surface area is 160 Å². The van der Waals surface area contributed by atoms with Gasteiger partial charge in [-0.2, -0.15) is 4.31 Å². The monoisotopic (exact) mass is 387 g/mol. The zero-order valence-corrected chi connectivity index (χ0v) is 16.5. The summed E-state index contributed by atoms with van der Waals surface area (Å²) in [6, 6.07) is 8.89. The molecule has 4 fully saturated rings. The van der Waals surface area contributed by atoms with Gasteiger partial charge in [0, 0.05) is 24.5 Å². The molecule has 3 atom stereocenters. The van der Waals surface area contributed by atoms with Crippen LogP contribution in [0.5, 0.6) is 0 Å². The van der Waals surface area contributed by atoms with Crippen LogP contribution in [-0.2, 0) is 10.0 Å². The first kappa shape index (κ1) is 17.4. The van der Waals surface area contributed by atoms with Gasteiger partial charge in [0.25, 0.3) is 0 Å². The highest BCUT2D eigenvalue weighted by atomic mass is 32.2. The van der Waals surface area contributed by atoms with Gasteiger partial charge in [-0.15, -0.1) is 0 Å². The molecule has 0 N–H and O–H groups in total. The lowest BCUT2D eigenvalue weighted by molar-refractivity contribution is 0.0123. The molecular weight excluding hydrogens is 362 g/mol. The Kier molecular flexibility index (Phi) is 3.97. The third-order valence-corrected chi connectivity index (χ3v) is 8.71. The summed E-state index contributed by atoms with van der Waals surface area (Å²) < 4.78 is 33.8. The minimum absolute atomic E-state index is 0.0399. The molecule has 0 spiro atoms. The number of benzene rings is 1. The van der Waals surface area contributed by atoms with Gasteiger partial charge in [0.1, 0.15) is 4.90 Å². The molecule has 0 amide bonds. The molecule has 5 heterocycles. The number of hydrogen-bond acceptors (Lipinski definition) is 5. The number of nitrogens with zero attached hydrogens (tertiary/aromatic N) is 3. The highest BCUT2D eigenvalue weighted by Crippen LogP contribution is 2.48. The molecular formula is C20H25N3O3S. The van der Waals surface area contributed by atoms with E-state index in [4.69, 9.17) is 4.52 Å². The third-order valence-electron chi connectivity index (χ3n) is 6.75. The molecule has 4 aliphatic rings. The molecule has 0 unspecified atom stereocenters. The van der Waals surface area contributed by atoms with Gasteiger partial charge in [-0.3, -0.25) is 4.90 Å². The number of aryl methyl sites for hydroxylation is 2. The number of piperidine rings is 3. The zero-order valence-electron chi connectivity index (χ0n) is 15.7. The smallest absolute Gasteiger partial charge is 0.248 e. The minimum atomic E-state index is -3.62. The van der Waals surface area contributed by atoms with Crippen LogP contribution in [0.2, 0.25) is 0 Å². The second kappa shape index (κ2) is 6.15. The van der Waals surface area contributed by atoms with Crippen LogP contribution < -0.4 is 0 Å². The average molecular weight is 388 g/mol. The van der Waals surface area contributed by atoms with Gasteiger partial charge in [0.2, 0.25) is 10.0 Å². The van der Waals surface area contributed by atoms with E-state index in [0.29, 0.717) is 18.2 Å². The average Bonchev–Trinajstić information content (AvgIpc) is 3.29. The number of fused-ring (bicyclic) bond motifs is 2. The molecule has 0 radical (unpaired) electrons. The number of rotatable bonds is 3. The van der Waals surface area contributed by atoms with Gasteiger partial charge in [-0.1, -0.05) is 35.0 Å². The van der Waals surface area contributed by atoms with Gasteiger partial charge in [-0.25, -0.2) is 8.42 Å². The van der Waals surface area contributed by atoms with Gasteiger partial charge < -0.3 is 4.52 Å². The van der Waals surface area contributed by atoms with Crippen LogP contribution in [0.25, 0.3) is 0 Å². The molecule has 7 heteroatoms. The first-order valence-corrected chi connectivity index (χ1v) is 11.1. The summed E-state index contributed by atoms with van der Waals surface area (Å²) in [5.41, 5.74) is 2.46. The molecule has 1 aromatic heterocycles. The van der Waals surface area contributed by atoms with Crippen LogP contribution in [0, 0.1) is 19.8 Å². The lowest BCUT2D eigenvalue weighted by atomic mass is 9.75. The van der Waals surface area contributed by atoms with Crippen LogP contribution in [-0.4, -0.2) is 54.5 Å². The van der Waals surface area contributed by atoms with E-state index in [1.807, 2.05) is 0 Å². The Morgan fingerprint density at radius 3 is 2.41 bits per heavy atom. The zero-order chi connectivity index (χ0) is 18.8. The summed E-state index contributed by atoms with van der Waals surface area (Å²) in [4.78, 5) is 2.73. The van der Waals surface area contributed by atoms with E-state index in [1.165, 1.54) is 17.3 Å². The summed E-state index contributed by atoms with van der Waals surface area (Å²) in [7, 11) is -3.62. The normalized spacial score (nSPS) is 33.3. The molecule has 0 aliphatic carbocycles. The summed E-state index contributed by atoms with van der Waals surface area (Å²) in [5.74, 6) is 1.01. The van der Waals surface area contributed by atoms with Crippen molar-refractivity contribution in [1.82, 2.24) is 14.4 Å². The van der Waals surface area contributed by atoms with Crippen LogP contribution in [0.3, 0.4) is 0 Å². The summed E-state index contributed by atoms with van der Waals surface area (Å²) in [6.45, 7) is 6.43. The summed E-state index contributed by atoms with van der Waals surface area (Å²) >= 11 is 0. The largest absolute Gasteiger partial charge is 0.360 e. The Morgan fingerprint density at radius 2 is 1.78 bits per heavy atom. The van der Waals surface area contributed by atoms with Crippen LogP contribution in [0.15, 0.2) is 39.9 Å². The quantitative estimate of drug-likeness (QED) is 0.810. The van der Waals surface area contributed by atoms with Gasteiger partial charge in [-0.05, 0) is 51.3 Å². The van der Waals surface area contributed by atoms with Crippen molar-refractivity contribution >= 4 is 10.0 Å². The Hall–Kier alpha value is -1.70. The maximum absolute atomic E-state index is 13.5. The second-order valence-electron chi connectivity index (χ2n) is 8.19. The maximum atomic E-state index is 13.5. The van der Waals surface area contributed by atoms with Crippen molar-refractivity contribution in [3.63, 3.8) is 0 Å². The van der Waals surface area contributed by atoms with Crippen LogP contribution >= 0.6 is 0 Å². The lowest BCUT2D eigenvalue weighted by Crippen LogP contribution is -2.60.